The number of hydrogen-bond acceptors (Lipinski definition) is 4. The number of hydrogen-bond donors (Lipinski definition) is 2. The number of nitrogens with one attached hydrogen (secondary N) is 1. The van der Waals surface area contributed by atoms with Crippen molar-refractivity contribution in [2.45, 2.75) is 25.8 Å². The van der Waals surface area contributed by atoms with Crippen LogP contribution in [0.3, 0.4) is 0 Å². The average Bonchev–Trinajstić information content (AvgIpc) is 2.96. The van der Waals surface area contributed by atoms with Gasteiger partial charge in [-0.1, -0.05) is 0 Å². The maximum Gasteiger partial charge on any atom is 0.306 e. The number of carbonyl (C=O) groups is 2. The van der Waals surface area contributed by atoms with Crippen molar-refractivity contribution in [1.82, 2.24) is 10.3 Å². The van der Waals surface area contributed by atoms with Crippen LogP contribution in [0.5, 0.6) is 0 Å². The number of aromatic nitrogens is 1. The molecule has 92 valence electrons. The summed E-state index contributed by atoms with van der Waals surface area (Å²) in [5, 5.41) is 14.4. The number of rotatable bonds is 4. The van der Waals surface area contributed by atoms with Crippen LogP contribution in [0.15, 0.2) is 11.6 Å². The SMILES string of the molecule is O=C(O)[C@H]1CC[C@@H](C(=O)NCc2nccs2)C1. The van der Waals surface area contributed by atoms with E-state index >= 15 is 0 Å². The first-order valence-corrected chi connectivity index (χ1v) is 6.43. The first-order valence-electron chi connectivity index (χ1n) is 5.55. The number of carbonyl (C=O) groups excluding carboxylic acids is 1. The molecule has 1 aliphatic carbocycles. The molecule has 5 nitrogen and oxygen atoms in total. The zero-order valence-electron chi connectivity index (χ0n) is 9.26. The molecule has 1 amide bonds. The molecule has 1 saturated carbocycles. The van der Waals surface area contributed by atoms with Gasteiger partial charge in [0.1, 0.15) is 5.01 Å². The molecule has 0 bridgehead atoms. The number of nitrogens with zero attached hydrogens (tertiary/aromatic N) is 1. The third kappa shape index (κ3) is 3.03. The highest BCUT2D eigenvalue weighted by atomic mass is 32.1. The van der Waals surface area contributed by atoms with Crippen molar-refractivity contribution >= 4 is 23.2 Å². The van der Waals surface area contributed by atoms with Gasteiger partial charge in [-0.2, -0.15) is 0 Å². The lowest BCUT2D eigenvalue weighted by Gasteiger charge is -2.09. The third-order valence-electron chi connectivity index (χ3n) is 3.05. The van der Waals surface area contributed by atoms with Gasteiger partial charge in [0.25, 0.3) is 0 Å². The number of amides is 1. The summed E-state index contributed by atoms with van der Waals surface area (Å²) in [6, 6.07) is 0. The van der Waals surface area contributed by atoms with Crippen molar-refractivity contribution in [3.63, 3.8) is 0 Å². The van der Waals surface area contributed by atoms with Crippen molar-refractivity contribution in [2.24, 2.45) is 11.8 Å². The number of aliphatic carboxylic acids is 1. The summed E-state index contributed by atoms with van der Waals surface area (Å²) in [6.45, 7) is 0.435. The first-order chi connectivity index (χ1) is 8.16. The predicted octanol–water partition coefficient (Wildman–Crippen LogP) is 1.26. The van der Waals surface area contributed by atoms with Crippen LogP contribution < -0.4 is 5.32 Å². The Balaban J connectivity index is 1.79. The minimum Gasteiger partial charge on any atom is -0.481 e. The first kappa shape index (κ1) is 12.0. The molecule has 6 heteroatoms. The molecule has 0 spiro atoms. The molecule has 0 aliphatic heterocycles. The Kier molecular flexibility index (Phi) is 3.73. The Bertz CT molecular complexity index is 405. The molecule has 1 fully saturated rings. The molecule has 0 unspecified atom stereocenters. The van der Waals surface area contributed by atoms with Gasteiger partial charge in [-0.3, -0.25) is 9.59 Å². The number of carboxylic acid groups (broad SMARTS) is 1. The normalized spacial score (nSPS) is 23.5. The smallest absolute Gasteiger partial charge is 0.306 e. The maximum atomic E-state index is 11.8. The highest BCUT2D eigenvalue weighted by Crippen LogP contribution is 2.31. The fraction of sp³-hybridized carbons (Fsp3) is 0.545. The van der Waals surface area contributed by atoms with Gasteiger partial charge in [-0.25, -0.2) is 4.98 Å². The van der Waals surface area contributed by atoms with E-state index in [0.29, 0.717) is 25.8 Å². The second-order valence-corrected chi connectivity index (χ2v) is 5.17. The van der Waals surface area contributed by atoms with E-state index in [1.54, 1.807) is 6.20 Å². The summed E-state index contributed by atoms with van der Waals surface area (Å²) in [5.41, 5.74) is 0. The molecule has 0 aromatic carbocycles. The molecule has 0 saturated heterocycles. The van der Waals surface area contributed by atoms with Crippen molar-refractivity contribution in [3.8, 4) is 0 Å². The second kappa shape index (κ2) is 5.27. The predicted molar refractivity (Wildman–Crippen MR) is 62.4 cm³/mol. The Morgan fingerprint density at radius 3 is 2.82 bits per heavy atom. The van der Waals surface area contributed by atoms with Gasteiger partial charge >= 0.3 is 5.97 Å². The highest BCUT2D eigenvalue weighted by molar-refractivity contribution is 7.09. The van der Waals surface area contributed by atoms with Crippen LogP contribution in [-0.4, -0.2) is 22.0 Å². The lowest BCUT2D eigenvalue weighted by atomic mass is 10.0. The molecule has 0 radical (unpaired) electrons. The summed E-state index contributed by atoms with van der Waals surface area (Å²) in [5.74, 6) is -1.36. The minimum atomic E-state index is -0.791. The van der Waals surface area contributed by atoms with Crippen LogP contribution >= 0.6 is 11.3 Å². The lowest BCUT2D eigenvalue weighted by Crippen LogP contribution is -2.29. The summed E-state index contributed by atoms with van der Waals surface area (Å²) < 4.78 is 0. The lowest BCUT2D eigenvalue weighted by molar-refractivity contribution is -0.141. The van der Waals surface area contributed by atoms with Crippen molar-refractivity contribution in [3.05, 3.63) is 16.6 Å². The summed E-state index contributed by atoms with van der Waals surface area (Å²) in [6.07, 6.45) is 3.42. The van der Waals surface area contributed by atoms with Crippen molar-refractivity contribution in [1.29, 1.82) is 0 Å². The molecule has 2 N–H and O–H groups in total. The second-order valence-electron chi connectivity index (χ2n) is 4.19. The van der Waals surface area contributed by atoms with Crippen LogP contribution in [0, 0.1) is 11.8 Å². The van der Waals surface area contributed by atoms with E-state index in [1.807, 2.05) is 5.38 Å². The van der Waals surface area contributed by atoms with Gasteiger partial charge in [0.05, 0.1) is 12.5 Å². The van der Waals surface area contributed by atoms with Crippen LogP contribution in [0.25, 0.3) is 0 Å². The summed E-state index contributed by atoms with van der Waals surface area (Å²) in [7, 11) is 0. The van der Waals surface area contributed by atoms with E-state index in [2.05, 4.69) is 10.3 Å². The Morgan fingerprint density at radius 2 is 2.24 bits per heavy atom. The molecular weight excluding hydrogens is 240 g/mol. The standard InChI is InChI=1S/C11H14N2O3S/c14-10(13-6-9-12-3-4-17-9)7-1-2-8(5-7)11(15)16/h3-4,7-8H,1-2,5-6H2,(H,13,14)(H,15,16)/t7-,8+/m1/s1. The van der Waals surface area contributed by atoms with E-state index in [4.69, 9.17) is 5.11 Å². The molecule has 1 aromatic rings. The van der Waals surface area contributed by atoms with Crippen LogP contribution in [0.2, 0.25) is 0 Å². The van der Waals surface area contributed by atoms with Crippen LogP contribution in [0.4, 0.5) is 0 Å². The van der Waals surface area contributed by atoms with Gasteiger partial charge in [-0.15, -0.1) is 11.3 Å². The van der Waals surface area contributed by atoms with E-state index < -0.39 is 5.97 Å². The molecular formula is C11H14N2O3S. The van der Waals surface area contributed by atoms with E-state index in [-0.39, 0.29) is 17.7 Å². The number of thiazole rings is 1. The quantitative estimate of drug-likeness (QED) is 0.847. The molecule has 2 rings (SSSR count). The summed E-state index contributed by atoms with van der Waals surface area (Å²) in [4.78, 5) is 26.6. The monoisotopic (exact) mass is 254 g/mol. The van der Waals surface area contributed by atoms with Gasteiger partial charge in [0.15, 0.2) is 0 Å². The van der Waals surface area contributed by atoms with Gasteiger partial charge in [0.2, 0.25) is 5.91 Å². The molecule has 2 atom stereocenters. The van der Waals surface area contributed by atoms with Gasteiger partial charge in [0, 0.05) is 17.5 Å². The topological polar surface area (TPSA) is 79.3 Å². The largest absolute Gasteiger partial charge is 0.481 e. The highest BCUT2D eigenvalue weighted by Gasteiger charge is 2.33. The number of carboxylic acids is 1. The van der Waals surface area contributed by atoms with Gasteiger partial charge in [-0.05, 0) is 19.3 Å². The van der Waals surface area contributed by atoms with E-state index in [9.17, 15) is 9.59 Å². The molecule has 17 heavy (non-hydrogen) atoms. The fourth-order valence-corrected chi connectivity index (χ4v) is 2.65. The van der Waals surface area contributed by atoms with E-state index in [1.165, 1.54) is 11.3 Å². The van der Waals surface area contributed by atoms with Crippen molar-refractivity contribution < 1.29 is 14.7 Å². The maximum absolute atomic E-state index is 11.8. The molecule has 1 heterocycles. The molecule has 1 aliphatic rings. The van der Waals surface area contributed by atoms with E-state index in [0.717, 1.165) is 5.01 Å². The Morgan fingerprint density at radius 1 is 1.47 bits per heavy atom. The average molecular weight is 254 g/mol. The molecule has 1 aromatic heterocycles. The van der Waals surface area contributed by atoms with Crippen LogP contribution in [-0.2, 0) is 16.1 Å². The third-order valence-corrected chi connectivity index (χ3v) is 3.83. The van der Waals surface area contributed by atoms with Crippen LogP contribution in [0.1, 0.15) is 24.3 Å². The Hall–Kier alpha value is -1.43. The van der Waals surface area contributed by atoms with Gasteiger partial charge < -0.3 is 10.4 Å². The summed E-state index contributed by atoms with van der Waals surface area (Å²) >= 11 is 1.49. The fourth-order valence-electron chi connectivity index (χ4n) is 2.09. The zero-order chi connectivity index (χ0) is 12.3. The minimum absolute atomic E-state index is 0.0519. The van der Waals surface area contributed by atoms with Crippen molar-refractivity contribution in [2.75, 3.05) is 0 Å². The zero-order valence-corrected chi connectivity index (χ0v) is 10.1. The Labute approximate surface area is 103 Å².